The van der Waals surface area contributed by atoms with E-state index >= 15 is 0 Å². The molecular weight excluding hydrogens is 264 g/mol. The van der Waals surface area contributed by atoms with E-state index in [1.807, 2.05) is 7.05 Å². The van der Waals surface area contributed by atoms with Crippen LogP contribution >= 0.6 is 0 Å². The molecule has 1 aromatic heterocycles. The maximum Gasteiger partial charge on any atom is 0.335 e. The molecule has 0 bridgehead atoms. The lowest BCUT2D eigenvalue weighted by Gasteiger charge is -2.33. The molecule has 1 fully saturated rings. The monoisotopic (exact) mass is 290 g/mol. The van der Waals surface area contributed by atoms with Crippen molar-refractivity contribution in [3.05, 3.63) is 23.4 Å². The van der Waals surface area contributed by atoms with Gasteiger partial charge in [-0.15, -0.1) is 0 Å². The van der Waals surface area contributed by atoms with Crippen LogP contribution in [0.4, 0.5) is 5.82 Å². The van der Waals surface area contributed by atoms with Gasteiger partial charge in [-0.05, 0) is 25.0 Å². The molecule has 0 amide bonds. The molecule has 0 saturated heterocycles. The summed E-state index contributed by atoms with van der Waals surface area (Å²) < 4.78 is 0. The van der Waals surface area contributed by atoms with Gasteiger partial charge in [0.1, 0.15) is 5.82 Å². The Balaban J connectivity index is 2.37. The van der Waals surface area contributed by atoms with Crippen LogP contribution in [-0.4, -0.2) is 29.1 Å². The van der Waals surface area contributed by atoms with E-state index < -0.39 is 5.97 Å². The molecule has 116 valence electrons. The molecular formula is C17H26N2O2. The Morgan fingerprint density at radius 1 is 1.24 bits per heavy atom. The van der Waals surface area contributed by atoms with E-state index in [0.29, 0.717) is 11.6 Å². The molecule has 4 nitrogen and oxygen atoms in total. The minimum atomic E-state index is -0.888. The predicted molar refractivity (Wildman–Crippen MR) is 85.2 cm³/mol. The lowest BCUT2D eigenvalue weighted by molar-refractivity contribution is 0.0696. The van der Waals surface area contributed by atoms with Gasteiger partial charge in [-0.1, -0.05) is 40.0 Å². The van der Waals surface area contributed by atoms with Crippen molar-refractivity contribution in [2.45, 2.75) is 64.3 Å². The number of anilines is 1. The molecule has 1 N–H and O–H groups in total. The minimum Gasteiger partial charge on any atom is -0.478 e. The number of carbonyl (C=O) groups is 1. The van der Waals surface area contributed by atoms with E-state index in [-0.39, 0.29) is 5.41 Å². The summed E-state index contributed by atoms with van der Waals surface area (Å²) in [7, 11) is 2.04. The van der Waals surface area contributed by atoms with Gasteiger partial charge >= 0.3 is 5.97 Å². The van der Waals surface area contributed by atoms with Crippen molar-refractivity contribution in [2.24, 2.45) is 0 Å². The van der Waals surface area contributed by atoms with Crippen LogP contribution in [0.5, 0.6) is 0 Å². The van der Waals surface area contributed by atoms with Crippen molar-refractivity contribution in [3.63, 3.8) is 0 Å². The number of nitrogens with zero attached hydrogens (tertiary/aromatic N) is 2. The molecule has 0 aromatic carbocycles. The van der Waals surface area contributed by atoms with Crippen LogP contribution in [0.2, 0.25) is 0 Å². The second-order valence-electron chi connectivity index (χ2n) is 7.06. The van der Waals surface area contributed by atoms with E-state index in [1.54, 1.807) is 12.1 Å². The smallest absolute Gasteiger partial charge is 0.335 e. The number of aromatic nitrogens is 1. The maximum atomic E-state index is 11.4. The fourth-order valence-electron chi connectivity index (χ4n) is 2.86. The van der Waals surface area contributed by atoms with E-state index in [9.17, 15) is 9.90 Å². The highest BCUT2D eigenvalue weighted by Gasteiger charge is 2.23. The largest absolute Gasteiger partial charge is 0.478 e. The molecule has 0 unspecified atom stereocenters. The van der Waals surface area contributed by atoms with Crippen LogP contribution < -0.4 is 4.90 Å². The summed E-state index contributed by atoms with van der Waals surface area (Å²) >= 11 is 0. The number of rotatable bonds is 3. The predicted octanol–water partition coefficient (Wildman–Crippen LogP) is 3.85. The number of carboxylic acids is 1. The Morgan fingerprint density at radius 3 is 2.38 bits per heavy atom. The molecule has 21 heavy (non-hydrogen) atoms. The third-order valence-electron chi connectivity index (χ3n) is 4.31. The van der Waals surface area contributed by atoms with Crippen molar-refractivity contribution in [1.29, 1.82) is 0 Å². The zero-order valence-corrected chi connectivity index (χ0v) is 13.5. The van der Waals surface area contributed by atoms with Crippen LogP contribution in [-0.2, 0) is 5.41 Å². The Labute approximate surface area is 127 Å². The van der Waals surface area contributed by atoms with E-state index in [2.05, 4.69) is 25.7 Å². The molecule has 0 radical (unpaired) electrons. The first-order chi connectivity index (χ1) is 9.79. The average molecular weight is 290 g/mol. The molecule has 1 aliphatic carbocycles. The molecule has 0 atom stereocenters. The van der Waals surface area contributed by atoms with Crippen LogP contribution in [0.25, 0.3) is 0 Å². The van der Waals surface area contributed by atoms with Crippen LogP contribution in [0.3, 0.4) is 0 Å². The van der Waals surface area contributed by atoms with Crippen LogP contribution in [0, 0.1) is 0 Å². The van der Waals surface area contributed by atoms with Crippen molar-refractivity contribution in [1.82, 2.24) is 4.98 Å². The average Bonchev–Trinajstić information content (AvgIpc) is 2.46. The second kappa shape index (κ2) is 6.04. The quantitative estimate of drug-likeness (QED) is 0.918. The van der Waals surface area contributed by atoms with Crippen LogP contribution in [0.1, 0.15) is 68.9 Å². The van der Waals surface area contributed by atoms with E-state index in [1.165, 1.54) is 32.1 Å². The molecule has 0 aliphatic heterocycles. The molecule has 1 saturated carbocycles. The van der Waals surface area contributed by atoms with Crippen molar-refractivity contribution in [3.8, 4) is 0 Å². The van der Waals surface area contributed by atoms with Gasteiger partial charge in [-0.2, -0.15) is 0 Å². The summed E-state index contributed by atoms with van der Waals surface area (Å²) in [5, 5.41) is 9.35. The summed E-state index contributed by atoms with van der Waals surface area (Å²) in [6.07, 6.45) is 6.14. The van der Waals surface area contributed by atoms with Gasteiger partial charge in [-0.3, -0.25) is 0 Å². The summed E-state index contributed by atoms with van der Waals surface area (Å²) in [5.74, 6) is -0.104. The topological polar surface area (TPSA) is 53.4 Å². The maximum absolute atomic E-state index is 11.4. The van der Waals surface area contributed by atoms with Crippen molar-refractivity contribution >= 4 is 11.8 Å². The fraction of sp³-hybridized carbons (Fsp3) is 0.647. The Bertz CT molecular complexity index is 514. The zero-order valence-electron chi connectivity index (χ0n) is 13.5. The molecule has 0 spiro atoms. The number of hydrogen-bond donors (Lipinski definition) is 1. The number of hydrogen-bond acceptors (Lipinski definition) is 3. The van der Waals surface area contributed by atoms with Gasteiger partial charge in [0, 0.05) is 24.2 Å². The highest BCUT2D eigenvalue weighted by Crippen LogP contribution is 2.28. The van der Waals surface area contributed by atoms with E-state index in [4.69, 9.17) is 4.98 Å². The third-order valence-corrected chi connectivity index (χ3v) is 4.31. The number of pyridine rings is 1. The first-order valence-corrected chi connectivity index (χ1v) is 7.78. The van der Waals surface area contributed by atoms with Gasteiger partial charge in [0.05, 0.1) is 5.56 Å². The molecule has 1 aromatic rings. The lowest BCUT2D eigenvalue weighted by atomic mass is 9.90. The SMILES string of the molecule is CN(c1cc(C(=O)O)cc(C(C)(C)C)n1)C1CCCCC1. The summed E-state index contributed by atoms with van der Waals surface area (Å²) in [5.41, 5.74) is 1.00. The summed E-state index contributed by atoms with van der Waals surface area (Å²) in [6.45, 7) is 6.18. The van der Waals surface area contributed by atoms with Gasteiger partial charge < -0.3 is 10.0 Å². The Hall–Kier alpha value is -1.58. The lowest BCUT2D eigenvalue weighted by Crippen LogP contribution is -2.34. The molecule has 1 aliphatic rings. The standard InChI is InChI=1S/C17H26N2O2/c1-17(2,3)14-10-12(16(20)21)11-15(18-14)19(4)13-8-6-5-7-9-13/h10-11,13H,5-9H2,1-4H3,(H,20,21). The van der Waals surface area contributed by atoms with E-state index in [0.717, 1.165) is 11.5 Å². The first kappa shape index (κ1) is 15.8. The van der Waals surface area contributed by atoms with Crippen LogP contribution in [0.15, 0.2) is 12.1 Å². The number of aromatic carboxylic acids is 1. The van der Waals surface area contributed by atoms with Gasteiger partial charge in [0.15, 0.2) is 0 Å². The normalized spacial score (nSPS) is 16.8. The highest BCUT2D eigenvalue weighted by atomic mass is 16.4. The fourth-order valence-corrected chi connectivity index (χ4v) is 2.86. The Morgan fingerprint density at radius 2 is 1.86 bits per heavy atom. The van der Waals surface area contributed by atoms with Crippen molar-refractivity contribution < 1.29 is 9.90 Å². The summed E-state index contributed by atoms with van der Waals surface area (Å²) in [6, 6.07) is 3.87. The number of carboxylic acid groups (broad SMARTS) is 1. The second-order valence-corrected chi connectivity index (χ2v) is 7.06. The molecule has 2 rings (SSSR count). The zero-order chi connectivity index (χ0) is 15.6. The first-order valence-electron chi connectivity index (χ1n) is 7.78. The highest BCUT2D eigenvalue weighted by molar-refractivity contribution is 5.88. The summed E-state index contributed by atoms with van der Waals surface area (Å²) in [4.78, 5) is 18.3. The van der Waals surface area contributed by atoms with Gasteiger partial charge in [0.25, 0.3) is 0 Å². The van der Waals surface area contributed by atoms with Gasteiger partial charge in [-0.25, -0.2) is 9.78 Å². The van der Waals surface area contributed by atoms with Gasteiger partial charge in [0.2, 0.25) is 0 Å². The third kappa shape index (κ3) is 3.74. The Kier molecular flexibility index (Phi) is 4.55. The van der Waals surface area contributed by atoms with Crippen molar-refractivity contribution in [2.75, 3.05) is 11.9 Å². The molecule has 4 heteroatoms. The molecule has 1 heterocycles. The minimum absolute atomic E-state index is 0.159.